The molecule has 0 bridgehead atoms. The van der Waals surface area contributed by atoms with Crippen molar-refractivity contribution >= 4 is 34.4 Å². The van der Waals surface area contributed by atoms with E-state index in [0.717, 1.165) is 28.0 Å². The molecule has 3 aromatic carbocycles. The first-order valence-corrected chi connectivity index (χ1v) is 10.6. The number of amides is 2. The number of hydrogen-bond acceptors (Lipinski definition) is 5. The lowest BCUT2D eigenvalue weighted by atomic mass is 10.0. The molecular weight excluding hydrogens is 418 g/mol. The Morgan fingerprint density at radius 1 is 0.909 bits per heavy atom. The number of benzene rings is 3. The summed E-state index contributed by atoms with van der Waals surface area (Å²) in [6, 6.07) is 18.7. The van der Waals surface area contributed by atoms with Gasteiger partial charge in [-0.15, -0.1) is 0 Å². The topological polar surface area (TPSA) is 92.6 Å². The van der Waals surface area contributed by atoms with Crippen molar-refractivity contribution in [1.29, 1.82) is 0 Å². The molecule has 1 aliphatic rings. The van der Waals surface area contributed by atoms with Crippen molar-refractivity contribution in [3.8, 4) is 0 Å². The molecule has 0 atom stereocenters. The van der Waals surface area contributed by atoms with Gasteiger partial charge < -0.3 is 5.32 Å². The van der Waals surface area contributed by atoms with E-state index < -0.39 is 16.7 Å². The standard InChI is InChI=1S/C26H23N3O4/c1-4-18-6-10-20(11-7-18)28-25(30)23(19-8-12-21(13-9-19)29(32)33)24(26(28)31)27-22-14-5-16(2)15-17(22)3/h5-15,27H,4H2,1-3H3. The molecule has 0 radical (unpaired) electrons. The highest BCUT2D eigenvalue weighted by Crippen LogP contribution is 2.35. The van der Waals surface area contributed by atoms with Crippen LogP contribution < -0.4 is 10.2 Å². The maximum Gasteiger partial charge on any atom is 0.282 e. The zero-order chi connectivity index (χ0) is 23.7. The second-order valence-electron chi connectivity index (χ2n) is 7.96. The summed E-state index contributed by atoms with van der Waals surface area (Å²) in [4.78, 5) is 38.7. The normalized spacial score (nSPS) is 13.6. The maximum absolute atomic E-state index is 13.5. The molecule has 33 heavy (non-hydrogen) atoms. The first kappa shape index (κ1) is 22.0. The van der Waals surface area contributed by atoms with E-state index in [0.29, 0.717) is 16.9 Å². The van der Waals surface area contributed by atoms with Gasteiger partial charge in [-0.25, -0.2) is 4.90 Å². The number of rotatable bonds is 6. The highest BCUT2D eigenvalue weighted by Gasteiger charge is 2.40. The number of carbonyl (C=O) groups is 2. The molecule has 7 heteroatoms. The summed E-state index contributed by atoms with van der Waals surface area (Å²) in [5.41, 5.74) is 4.93. The second-order valence-corrected chi connectivity index (χ2v) is 7.96. The molecule has 7 nitrogen and oxygen atoms in total. The lowest BCUT2D eigenvalue weighted by molar-refractivity contribution is -0.384. The Morgan fingerprint density at radius 2 is 1.58 bits per heavy atom. The van der Waals surface area contributed by atoms with Crippen LogP contribution >= 0.6 is 0 Å². The SMILES string of the molecule is CCc1ccc(N2C(=O)C(Nc3ccc(C)cc3C)=C(c3ccc([N+](=O)[O-])cc3)C2=O)cc1. The average molecular weight is 441 g/mol. The number of nitro groups is 1. The van der Waals surface area contributed by atoms with Crippen LogP contribution in [-0.2, 0) is 16.0 Å². The smallest absolute Gasteiger partial charge is 0.282 e. The van der Waals surface area contributed by atoms with Gasteiger partial charge in [0.1, 0.15) is 5.70 Å². The minimum atomic E-state index is -0.504. The van der Waals surface area contributed by atoms with Crippen LogP contribution in [0, 0.1) is 24.0 Å². The first-order valence-electron chi connectivity index (χ1n) is 10.6. The minimum absolute atomic E-state index is 0.0907. The van der Waals surface area contributed by atoms with Crippen molar-refractivity contribution < 1.29 is 14.5 Å². The van der Waals surface area contributed by atoms with Gasteiger partial charge in [0, 0.05) is 17.8 Å². The fourth-order valence-corrected chi connectivity index (χ4v) is 3.87. The molecule has 2 amide bonds. The number of non-ortho nitro benzene ring substituents is 1. The van der Waals surface area contributed by atoms with Crippen molar-refractivity contribution in [3.63, 3.8) is 0 Å². The summed E-state index contributed by atoms with van der Waals surface area (Å²) in [6.45, 7) is 5.93. The highest BCUT2D eigenvalue weighted by molar-refractivity contribution is 6.46. The summed E-state index contributed by atoms with van der Waals surface area (Å²) in [5.74, 6) is -0.956. The van der Waals surface area contributed by atoms with Crippen LogP contribution in [-0.4, -0.2) is 16.7 Å². The molecule has 0 fully saturated rings. The summed E-state index contributed by atoms with van der Waals surface area (Å²) in [6.07, 6.45) is 0.841. The van der Waals surface area contributed by atoms with E-state index in [1.807, 2.05) is 51.1 Å². The molecule has 0 unspecified atom stereocenters. The van der Waals surface area contributed by atoms with Crippen LogP contribution in [0.15, 0.2) is 72.4 Å². The third-order valence-electron chi connectivity index (χ3n) is 5.70. The van der Waals surface area contributed by atoms with Crippen LogP contribution in [0.4, 0.5) is 17.1 Å². The molecule has 0 saturated heterocycles. The fourth-order valence-electron chi connectivity index (χ4n) is 3.87. The van der Waals surface area contributed by atoms with Gasteiger partial charge in [-0.3, -0.25) is 19.7 Å². The summed E-state index contributed by atoms with van der Waals surface area (Å²) in [5, 5.41) is 14.2. The van der Waals surface area contributed by atoms with Crippen LogP contribution in [0.25, 0.3) is 5.57 Å². The van der Waals surface area contributed by atoms with Crippen molar-refractivity contribution in [2.75, 3.05) is 10.2 Å². The van der Waals surface area contributed by atoms with Crippen LogP contribution in [0.1, 0.15) is 29.2 Å². The zero-order valence-corrected chi connectivity index (χ0v) is 18.6. The number of nitrogens with one attached hydrogen (secondary N) is 1. The predicted octanol–water partition coefficient (Wildman–Crippen LogP) is 5.17. The number of nitrogens with zero attached hydrogens (tertiary/aromatic N) is 2. The Hall–Kier alpha value is -4.26. The fraction of sp³-hybridized carbons (Fsp3) is 0.154. The van der Waals surface area contributed by atoms with Gasteiger partial charge in [0.25, 0.3) is 17.5 Å². The minimum Gasteiger partial charge on any atom is -0.350 e. The molecule has 1 aliphatic heterocycles. The molecule has 1 heterocycles. The molecule has 0 aromatic heterocycles. The lowest BCUT2D eigenvalue weighted by Gasteiger charge is -2.16. The molecule has 166 valence electrons. The van der Waals surface area contributed by atoms with Gasteiger partial charge in [-0.1, -0.05) is 36.8 Å². The van der Waals surface area contributed by atoms with E-state index in [1.165, 1.54) is 24.3 Å². The zero-order valence-electron chi connectivity index (χ0n) is 18.6. The van der Waals surface area contributed by atoms with Gasteiger partial charge in [0.2, 0.25) is 0 Å². The number of anilines is 2. The third-order valence-corrected chi connectivity index (χ3v) is 5.70. The van der Waals surface area contributed by atoms with Gasteiger partial charge in [0.05, 0.1) is 16.2 Å². The Balaban J connectivity index is 1.81. The Morgan fingerprint density at radius 3 is 2.15 bits per heavy atom. The maximum atomic E-state index is 13.5. The predicted molar refractivity (Wildman–Crippen MR) is 128 cm³/mol. The number of carbonyl (C=O) groups excluding carboxylic acids is 2. The third kappa shape index (κ3) is 4.13. The summed E-state index contributed by atoms with van der Waals surface area (Å²) >= 11 is 0. The molecule has 0 aliphatic carbocycles. The first-order chi connectivity index (χ1) is 15.8. The summed E-state index contributed by atoms with van der Waals surface area (Å²) in [7, 11) is 0. The van der Waals surface area contributed by atoms with Gasteiger partial charge in [-0.05, 0) is 67.3 Å². The van der Waals surface area contributed by atoms with Crippen molar-refractivity contribution in [2.24, 2.45) is 0 Å². The van der Waals surface area contributed by atoms with Gasteiger partial charge >= 0.3 is 0 Å². The Bertz CT molecular complexity index is 1290. The molecule has 0 saturated carbocycles. The van der Waals surface area contributed by atoms with E-state index in [9.17, 15) is 19.7 Å². The summed E-state index contributed by atoms with van der Waals surface area (Å²) < 4.78 is 0. The Labute approximate surface area is 191 Å². The van der Waals surface area contributed by atoms with Gasteiger partial charge in [-0.2, -0.15) is 0 Å². The van der Waals surface area contributed by atoms with E-state index in [2.05, 4.69) is 5.32 Å². The average Bonchev–Trinajstić information content (AvgIpc) is 3.05. The molecule has 1 N–H and O–H groups in total. The Kier molecular flexibility index (Phi) is 5.79. The number of aryl methyl sites for hydroxylation is 3. The van der Waals surface area contributed by atoms with Crippen LogP contribution in [0.5, 0.6) is 0 Å². The molecule has 0 spiro atoms. The van der Waals surface area contributed by atoms with Gasteiger partial charge in [0.15, 0.2) is 0 Å². The van der Waals surface area contributed by atoms with E-state index in [-0.39, 0.29) is 17.0 Å². The number of nitro benzene ring substituents is 1. The van der Waals surface area contributed by atoms with Crippen molar-refractivity contribution in [3.05, 3.63) is 105 Å². The molecule has 3 aromatic rings. The second kappa shape index (κ2) is 8.70. The number of hydrogen-bond donors (Lipinski definition) is 1. The van der Waals surface area contributed by atoms with Crippen molar-refractivity contribution in [2.45, 2.75) is 27.2 Å². The van der Waals surface area contributed by atoms with Crippen molar-refractivity contribution in [1.82, 2.24) is 0 Å². The number of imide groups is 1. The quantitative estimate of drug-likeness (QED) is 0.324. The highest BCUT2D eigenvalue weighted by atomic mass is 16.6. The lowest BCUT2D eigenvalue weighted by Crippen LogP contribution is -2.32. The van der Waals surface area contributed by atoms with E-state index in [4.69, 9.17) is 0 Å². The largest absolute Gasteiger partial charge is 0.350 e. The van der Waals surface area contributed by atoms with Crippen LogP contribution in [0.2, 0.25) is 0 Å². The monoisotopic (exact) mass is 441 g/mol. The molecular formula is C26H23N3O4. The van der Waals surface area contributed by atoms with E-state index in [1.54, 1.807) is 12.1 Å². The molecule has 4 rings (SSSR count). The van der Waals surface area contributed by atoms with E-state index >= 15 is 0 Å². The van der Waals surface area contributed by atoms with Crippen LogP contribution in [0.3, 0.4) is 0 Å².